The molecular weight excluding hydrogens is 304 g/mol. The van der Waals surface area contributed by atoms with Crippen LogP contribution in [0, 0.1) is 11.6 Å². The van der Waals surface area contributed by atoms with E-state index in [-0.39, 0.29) is 16.8 Å². The van der Waals surface area contributed by atoms with Crippen molar-refractivity contribution in [3.05, 3.63) is 63.6 Å². The molecule has 2 nitrogen and oxygen atoms in total. The quantitative estimate of drug-likeness (QED) is 0.681. The fourth-order valence-corrected chi connectivity index (χ4v) is 2.03. The van der Waals surface area contributed by atoms with Gasteiger partial charge < -0.3 is 5.73 Å². The molecule has 2 rings (SSSR count). The molecule has 0 unspecified atom stereocenters. The first-order valence-electron chi connectivity index (χ1n) is 5.04. The molecule has 0 amide bonds. The lowest BCUT2D eigenvalue weighted by Crippen LogP contribution is -2.04. The summed E-state index contributed by atoms with van der Waals surface area (Å²) in [5.41, 5.74) is 5.76. The van der Waals surface area contributed by atoms with Crippen LogP contribution in [0.1, 0.15) is 15.9 Å². The van der Waals surface area contributed by atoms with Gasteiger partial charge in [-0.15, -0.1) is 0 Å². The van der Waals surface area contributed by atoms with Crippen molar-refractivity contribution in [2.45, 2.75) is 0 Å². The zero-order valence-corrected chi connectivity index (χ0v) is 10.7. The predicted octanol–water partition coefficient (Wildman–Crippen LogP) is 3.54. The Kier molecular flexibility index (Phi) is 3.43. The number of ketones is 1. The Hall–Kier alpha value is -1.75. The number of hydrogen-bond acceptors (Lipinski definition) is 2. The molecule has 0 heterocycles. The van der Waals surface area contributed by atoms with Crippen LogP contribution < -0.4 is 5.73 Å². The first kappa shape index (κ1) is 12.7. The van der Waals surface area contributed by atoms with Crippen LogP contribution in [0.4, 0.5) is 14.5 Å². The molecule has 92 valence electrons. The van der Waals surface area contributed by atoms with E-state index in [9.17, 15) is 13.6 Å². The van der Waals surface area contributed by atoms with Crippen molar-refractivity contribution in [3.8, 4) is 0 Å². The third kappa shape index (κ3) is 2.41. The first-order valence-corrected chi connectivity index (χ1v) is 5.83. The number of hydrogen-bond donors (Lipinski definition) is 1. The maximum absolute atomic E-state index is 13.3. The summed E-state index contributed by atoms with van der Waals surface area (Å²) in [6.07, 6.45) is 0. The Morgan fingerprint density at radius 1 is 1.11 bits per heavy atom. The summed E-state index contributed by atoms with van der Waals surface area (Å²) in [5.74, 6) is -1.50. The molecule has 0 aliphatic heterocycles. The number of nitrogen functional groups attached to an aromatic ring is 1. The average molecular weight is 312 g/mol. The van der Waals surface area contributed by atoms with Gasteiger partial charge in [0.05, 0.1) is 5.69 Å². The van der Waals surface area contributed by atoms with Crippen LogP contribution in [-0.2, 0) is 0 Å². The fourth-order valence-electron chi connectivity index (χ4n) is 1.49. The number of rotatable bonds is 2. The molecule has 0 aliphatic carbocycles. The van der Waals surface area contributed by atoms with Gasteiger partial charge >= 0.3 is 0 Å². The minimum atomic E-state index is -0.663. The number of halogens is 3. The van der Waals surface area contributed by atoms with E-state index in [1.807, 2.05) is 0 Å². The Morgan fingerprint density at radius 3 is 2.33 bits per heavy atom. The molecule has 2 aromatic carbocycles. The topological polar surface area (TPSA) is 43.1 Å². The van der Waals surface area contributed by atoms with Crippen molar-refractivity contribution in [1.82, 2.24) is 0 Å². The van der Waals surface area contributed by atoms with E-state index in [1.54, 1.807) is 0 Å². The normalized spacial score (nSPS) is 10.4. The van der Waals surface area contributed by atoms with Crippen molar-refractivity contribution >= 4 is 27.4 Å². The Labute approximate surface area is 111 Å². The van der Waals surface area contributed by atoms with Gasteiger partial charge in [-0.1, -0.05) is 0 Å². The standard InChI is InChI=1S/C13H8BrF2NO/c14-10-6-12(17)11(16)5-9(10)13(18)7-1-3-8(15)4-2-7/h1-6H,17H2. The van der Waals surface area contributed by atoms with Crippen LogP contribution >= 0.6 is 15.9 Å². The van der Waals surface area contributed by atoms with E-state index >= 15 is 0 Å². The molecule has 0 bridgehead atoms. The average Bonchev–Trinajstić information content (AvgIpc) is 2.34. The van der Waals surface area contributed by atoms with Crippen LogP contribution in [-0.4, -0.2) is 5.78 Å². The van der Waals surface area contributed by atoms with Gasteiger partial charge in [0.1, 0.15) is 11.6 Å². The number of anilines is 1. The van der Waals surface area contributed by atoms with Crippen molar-refractivity contribution in [2.24, 2.45) is 0 Å². The number of carbonyl (C=O) groups excluding carboxylic acids is 1. The second-order valence-corrected chi connectivity index (χ2v) is 4.54. The van der Waals surface area contributed by atoms with Gasteiger partial charge in [0.15, 0.2) is 5.78 Å². The Morgan fingerprint density at radius 2 is 1.72 bits per heavy atom. The molecule has 2 aromatic rings. The van der Waals surface area contributed by atoms with Crippen molar-refractivity contribution < 1.29 is 13.6 Å². The summed E-state index contributed by atoms with van der Waals surface area (Å²) in [6.45, 7) is 0. The third-order valence-electron chi connectivity index (χ3n) is 2.44. The van der Waals surface area contributed by atoms with E-state index in [0.717, 1.165) is 6.07 Å². The van der Waals surface area contributed by atoms with Gasteiger partial charge in [-0.2, -0.15) is 0 Å². The second-order valence-electron chi connectivity index (χ2n) is 3.69. The summed E-state index contributed by atoms with van der Waals surface area (Å²) in [6, 6.07) is 7.43. The van der Waals surface area contributed by atoms with E-state index in [1.165, 1.54) is 30.3 Å². The molecule has 18 heavy (non-hydrogen) atoms. The molecule has 0 atom stereocenters. The molecule has 0 spiro atoms. The van der Waals surface area contributed by atoms with Gasteiger partial charge in [-0.25, -0.2) is 8.78 Å². The lowest BCUT2D eigenvalue weighted by atomic mass is 10.0. The van der Waals surface area contributed by atoms with Crippen LogP contribution in [0.2, 0.25) is 0 Å². The van der Waals surface area contributed by atoms with Crippen LogP contribution in [0.3, 0.4) is 0 Å². The highest BCUT2D eigenvalue weighted by Gasteiger charge is 2.15. The monoisotopic (exact) mass is 311 g/mol. The number of nitrogens with two attached hydrogens (primary N) is 1. The fraction of sp³-hybridized carbons (Fsp3) is 0. The number of benzene rings is 2. The van der Waals surface area contributed by atoms with Crippen molar-refractivity contribution in [1.29, 1.82) is 0 Å². The highest BCUT2D eigenvalue weighted by atomic mass is 79.9. The lowest BCUT2D eigenvalue weighted by molar-refractivity contribution is 0.103. The van der Waals surface area contributed by atoms with E-state index in [4.69, 9.17) is 5.73 Å². The van der Waals surface area contributed by atoms with Crippen molar-refractivity contribution in [3.63, 3.8) is 0 Å². The minimum absolute atomic E-state index is 0.0440. The summed E-state index contributed by atoms with van der Waals surface area (Å²) >= 11 is 3.15. The highest BCUT2D eigenvalue weighted by molar-refractivity contribution is 9.10. The maximum atomic E-state index is 13.3. The minimum Gasteiger partial charge on any atom is -0.396 e. The van der Waals surface area contributed by atoms with Crippen LogP contribution in [0.5, 0.6) is 0 Å². The SMILES string of the molecule is Nc1cc(Br)c(C(=O)c2ccc(F)cc2)cc1F. The molecule has 0 saturated carbocycles. The van der Waals surface area contributed by atoms with Gasteiger partial charge in [0, 0.05) is 15.6 Å². The van der Waals surface area contributed by atoms with Gasteiger partial charge in [0.25, 0.3) is 0 Å². The van der Waals surface area contributed by atoms with Gasteiger partial charge in [0.2, 0.25) is 0 Å². The highest BCUT2D eigenvalue weighted by Crippen LogP contribution is 2.25. The molecule has 0 fully saturated rings. The molecule has 0 radical (unpaired) electrons. The summed E-state index contributed by atoms with van der Waals surface area (Å²) in [4.78, 5) is 12.1. The first-order chi connectivity index (χ1) is 8.49. The van der Waals surface area contributed by atoms with Gasteiger partial charge in [-0.05, 0) is 52.3 Å². The Bertz CT molecular complexity index is 611. The zero-order chi connectivity index (χ0) is 13.3. The zero-order valence-electron chi connectivity index (χ0n) is 9.08. The van der Waals surface area contributed by atoms with Crippen LogP contribution in [0.25, 0.3) is 0 Å². The van der Waals surface area contributed by atoms with E-state index in [2.05, 4.69) is 15.9 Å². The van der Waals surface area contributed by atoms with Gasteiger partial charge in [-0.3, -0.25) is 4.79 Å². The Balaban J connectivity index is 2.46. The molecule has 0 saturated heterocycles. The smallest absolute Gasteiger partial charge is 0.194 e. The van der Waals surface area contributed by atoms with E-state index in [0.29, 0.717) is 4.47 Å². The second kappa shape index (κ2) is 4.86. The predicted molar refractivity (Wildman–Crippen MR) is 68.3 cm³/mol. The summed E-state index contributed by atoms with van der Waals surface area (Å²) in [5, 5.41) is 0. The van der Waals surface area contributed by atoms with Crippen molar-refractivity contribution in [2.75, 3.05) is 5.73 Å². The molecule has 2 N–H and O–H groups in total. The third-order valence-corrected chi connectivity index (χ3v) is 3.09. The largest absolute Gasteiger partial charge is 0.396 e. The molecule has 0 aliphatic rings. The lowest BCUT2D eigenvalue weighted by Gasteiger charge is -2.06. The summed E-state index contributed by atoms with van der Waals surface area (Å²) in [7, 11) is 0. The summed E-state index contributed by atoms with van der Waals surface area (Å²) < 4.78 is 26.5. The maximum Gasteiger partial charge on any atom is 0.194 e. The molecule has 0 aromatic heterocycles. The number of carbonyl (C=O) groups is 1. The molecular formula is C13H8BrF2NO. The van der Waals surface area contributed by atoms with Crippen LogP contribution in [0.15, 0.2) is 40.9 Å². The van der Waals surface area contributed by atoms with E-state index < -0.39 is 17.4 Å². The molecule has 5 heteroatoms.